The number of anilines is 1. The van der Waals surface area contributed by atoms with E-state index in [2.05, 4.69) is 5.32 Å². The van der Waals surface area contributed by atoms with Crippen LogP contribution in [0.4, 0.5) is 10.1 Å². The van der Waals surface area contributed by atoms with Crippen molar-refractivity contribution in [3.8, 4) is 0 Å². The fourth-order valence-electron chi connectivity index (χ4n) is 2.36. The molecule has 94 valence electrons. The van der Waals surface area contributed by atoms with Gasteiger partial charge < -0.3 is 11.1 Å². The Hall–Kier alpha value is -0.510. The first-order valence-corrected chi connectivity index (χ1v) is 6.48. The number of nitrogens with one attached hydrogen (secondary N) is 1. The molecule has 2 atom stereocenters. The molecule has 1 aromatic rings. The summed E-state index contributed by atoms with van der Waals surface area (Å²) in [7, 11) is 0. The molecule has 17 heavy (non-hydrogen) atoms. The second-order valence-electron chi connectivity index (χ2n) is 4.43. The van der Waals surface area contributed by atoms with Crippen LogP contribution in [0.1, 0.15) is 19.3 Å². The van der Waals surface area contributed by atoms with E-state index in [0.29, 0.717) is 18.5 Å². The Kier molecular flexibility index (Phi) is 4.13. The van der Waals surface area contributed by atoms with Crippen LogP contribution < -0.4 is 11.1 Å². The molecule has 1 fully saturated rings. The molecule has 1 aromatic carbocycles. The second kappa shape index (κ2) is 5.42. The molecule has 1 aliphatic rings. The predicted octanol–water partition coefficient (Wildman–Crippen LogP) is 3.67. The molecule has 0 spiro atoms. The van der Waals surface area contributed by atoms with E-state index in [-0.39, 0.29) is 10.0 Å². The molecular weight excluding hydrogens is 262 g/mol. The Morgan fingerprint density at radius 2 is 1.94 bits per heavy atom. The highest BCUT2D eigenvalue weighted by Gasteiger charge is 2.26. The van der Waals surface area contributed by atoms with Crippen LogP contribution in [0.25, 0.3) is 0 Å². The van der Waals surface area contributed by atoms with Crippen molar-refractivity contribution in [1.29, 1.82) is 0 Å². The van der Waals surface area contributed by atoms with Gasteiger partial charge in [0.2, 0.25) is 0 Å². The predicted molar refractivity (Wildman–Crippen MR) is 70.2 cm³/mol. The van der Waals surface area contributed by atoms with Gasteiger partial charge in [-0.3, -0.25) is 0 Å². The van der Waals surface area contributed by atoms with Crippen molar-refractivity contribution in [2.45, 2.75) is 25.3 Å². The van der Waals surface area contributed by atoms with Gasteiger partial charge in [0.15, 0.2) is 5.82 Å². The number of benzene rings is 1. The van der Waals surface area contributed by atoms with E-state index < -0.39 is 5.82 Å². The first-order valence-electron chi connectivity index (χ1n) is 5.73. The third kappa shape index (κ3) is 2.84. The second-order valence-corrected chi connectivity index (χ2v) is 5.25. The van der Waals surface area contributed by atoms with Crippen molar-refractivity contribution in [3.05, 3.63) is 28.0 Å². The van der Waals surface area contributed by atoms with E-state index >= 15 is 0 Å². The van der Waals surface area contributed by atoms with Gasteiger partial charge in [0.05, 0.1) is 10.0 Å². The fraction of sp³-hybridized carbons (Fsp3) is 0.500. The average Bonchev–Trinajstić information content (AvgIpc) is 2.73. The van der Waals surface area contributed by atoms with Gasteiger partial charge >= 0.3 is 0 Å². The summed E-state index contributed by atoms with van der Waals surface area (Å²) in [5.41, 5.74) is 6.47. The Labute approximate surface area is 110 Å². The minimum Gasteiger partial charge on any atom is -0.382 e. The maximum atomic E-state index is 13.3. The maximum Gasteiger partial charge on any atom is 0.160 e. The zero-order valence-electron chi connectivity index (χ0n) is 9.35. The lowest BCUT2D eigenvalue weighted by atomic mass is 10.0. The van der Waals surface area contributed by atoms with Crippen LogP contribution in [0, 0.1) is 11.7 Å². The summed E-state index contributed by atoms with van der Waals surface area (Å²) in [4.78, 5) is 0. The minimum atomic E-state index is -0.569. The zero-order chi connectivity index (χ0) is 12.4. The zero-order valence-corrected chi connectivity index (χ0v) is 10.9. The highest BCUT2D eigenvalue weighted by atomic mass is 35.5. The molecule has 5 heteroatoms. The van der Waals surface area contributed by atoms with Gasteiger partial charge in [-0.1, -0.05) is 29.6 Å². The van der Waals surface area contributed by atoms with Crippen molar-refractivity contribution in [1.82, 2.24) is 0 Å². The third-order valence-electron chi connectivity index (χ3n) is 3.30. The lowest BCUT2D eigenvalue weighted by Crippen LogP contribution is -2.29. The number of halogens is 3. The van der Waals surface area contributed by atoms with Crippen molar-refractivity contribution < 1.29 is 4.39 Å². The first kappa shape index (κ1) is 12.9. The molecular formula is C12H15Cl2FN2. The van der Waals surface area contributed by atoms with Crippen LogP contribution >= 0.6 is 23.2 Å². The van der Waals surface area contributed by atoms with Gasteiger partial charge in [0.1, 0.15) is 0 Å². The Morgan fingerprint density at radius 1 is 1.29 bits per heavy atom. The molecule has 2 nitrogen and oxygen atoms in total. The normalized spacial score (nSPS) is 24.0. The van der Waals surface area contributed by atoms with Gasteiger partial charge in [0, 0.05) is 11.7 Å². The van der Waals surface area contributed by atoms with E-state index in [1.807, 2.05) is 0 Å². The molecule has 2 rings (SSSR count). The summed E-state index contributed by atoms with van der Waals surface area (Å²) < 4.78 is 13.3. The van der Waals surface area contributed by atoms with Crippen LogP contribution in [-0.2, 0) is 0 Å². The summed E-state index contributed by atoms with van der Waals surface area (Å²) in [6.07, 6.45) is 3.38. The summed E-state index contributed by atoms with van der Waals surface area (Å²) in [5, 5.41) is 3.42. The van der Waals surface area contributed by atoms with Crippen LogP contribution in [0.3, 0.4) is 0 Å². The molecule has 1 aliphatic carbocycles. The molecule has 0 aromatic heterocycles. The lowest BCUT2D eigenvalue weighted by Gasteiger charge is -2.21. The maximum absolute atomic E-state index is 13.3. The molecule has 0 amide bonds. The van der Waals surface area contributed by atoms with E-state index in [1.165, 1.54) is 6.42 Å². The molecule has 3 N–H and O–H groups in total. The van der Waals surface area contributed by atoms with Crippen molar-refractivity contribution in [2.75, 3.05) is 11.9 Å². The Balaban J connectivity index is 2.13. The summed E-state index contributed by atoms with van der Waals surface area (Å²) >= 11 is 11.5. The Morgan fingerprint density at radius 3 is 2.53 bits per heavy atom. The van der Waals surface area contributed by atoms with Crippen molar-refractivity contribution >= 4 is 28.9 Å². The SMILES string of the molecule is NCC1CCCC1Nc1cc(Cl)c(F)c(Cl)c1. The van der Waals surface area contributed by atoms with Gasteiger partial charge in [-0.15, -0.1) is 0 Å². The monoisotopic (exact) mass is 276 g/mol. The van der Waals surface area contributed by atoms with Crippen LogP contribution in [0.5, 0.6) is 0 Å². The van der Waals surface area contributed by atoms with Crippen LogP contribution in [0.15, 0.2) is 12.1 Å². The summed E-state index contributed by atoms with van der Waals surface area (Å²) in [5.74, 6) is -0.0988. The number of hydrogen-bond donors (Lipinski definition) is 2. The fourth-order valence-corrected chi connectivity index (χ4v) is 2.85. The third-order valence-corrected chi connectivity index (χ3v) is 3.85. The highest BCUT2D eigenvalue weighted by Crippen LogP contribution is 2.31. The molecule has 0 aliphatic heterocycles. The first-order chi connectivity index (χ1) is 8.11. The van der Waals surface area contributed by atoms with Gasteiger partial charge in [-0.25, -0.2) is 4.39 Å². The molecule has 0 bridgehead atoms. The van der Waals surface area contributed by atoms with Crippen LogP contribution in [-0.4, -0.2) is 12.6 Å². The largest absolute Gasteiger partial charge is 0.382 e. The van der Waals surface area contributed by atoms with Crippen molar-refractivity contribution in [2.24, 2.45) is 11.7 Å². The summed E-state index contributed by atoms with van der Waals surface area (Å²) in [6.45, 7) is 0.667. The minimum absolute atomic E-state index is 0.0438. The van der Waals surface area contributed by atoms with E-state index in [4.69, 9.17) is 28.9 Å². The Bertz CT molecular complexity index is 388. The van der Waals surface area contributed by atoms with E-state index in [0.717, 1.165) is 18.5 Å². The topological polar surface area (TPSA) is 38.0 Å². The molecule has 2 unspecified atom stereocenters. The standard InChI is InChI=1S/C12H15Cl2FN2/c13-9-4-8(5-10(14)12(9)15)17-11-3-1-2-7(11)6-16/h4-5,7,11,17H,1-3,6,16H2. The highest BCUT2D eigenvalue weighted by molar-refractivity contribution is 6.35. The van der Waals surface area contributed by atoms with Gasteiger partial charge in [-0.05, 0) is 37.4 Å². The quantitative estimate of drug-likeness (QED) is 0.827. The van der Waals surface area contributed by atoms with Crippen LogP contribution in [0.2, 0.25) is 10.0 Å². The molecule has 0 heterocycles. The number of rotatable bonds is 3. The average molecular weight is 277 g/mol. The number of hydrogen-bond acceptors (Lipinski definition) is 2. The van der Waals surface area contributed by atoms with Gasteiger partial charge in [0.25, 0.3) is 0 Å². The smallest absolute Gasteiger partial charge is 0.160 e. The number of nitrogens with two attached hydrogens (primary N) is 1. The van der Waals surface area contributed by atoms with Crippen molar-refractivity contribution in [3.63, 3.8) is 0 Å². The molecule has 0 saturated heterocycles. The molecule has 1 saturated carbocycles. The summed E-state index contributed by atoms with van der Waals surface area (Å²) in [6, 6.07) is 3.46. The van der Waals surface area contributed by atoms with Gasteiger partial charge in [-0.2, -0.15) is 0 Å². The van der Waals surface area contributed by atoms with E-state index in [1.54, 1.807) is 12.1 Å². The molecule has 0 radical (unpaired) electrons. The van der Waals surface area contributed by atoms with E-state index in [9.17, 15) is 4.39 Å². The lowest BCUT2D eigenvalue weighted by molar-refractivity contribution is 0.516.